The number of fused-ring (bicyclic) bond motifs is 1. The van der Waals surface area contributed by atoms with Gasteiger partial charge in [-0.3, -0.25) is 19.2 Å². The smallest absolute Gasteiger partial charge is 0.289 e. The Balaban J connectivity index is 1.67. The second-order valence-electron chi connectivity index (χ2n) is 8.36. The van der Waals surface area contributed by atoms with Crippen LogP contribution in [-0.2, 0) is 14.8 Å². The number of rotatable bonds is 10. The number of nitro benzene ring substituents is 1. The summed E-state index contributed by atoms with van der Waals surface area (Å²) in [6.45, 7) is 1.73. The molecule has 13 nitrogen and oxygen atoms in total. The highest BCUT2D eigenvalue weighted by atomic mass is 32.2. The summed E-state index contributed by atoms with van der Waals surface area (Å²) in [5.74, 6) is 0.754. The Bertz CT molecular complexity index is 1570. The average Bonchev–Trinajstić information content (AvgIpc) is 2.97. The van der Waals surface area contributed by atoms with Crippen molar-refractivity contribution in [3.63, 3.8) is 0 Å². The molecule has 0 bridgehead atoms. The molecule has 1 aliphatic rings. The van der Waals surface area contributed by atoms with Gasteiger partial charge in [0, 0.05) is 17.7 Å². The number of methoxy groups -OCH3 is 2. The number of carbonyl (C=O) groups is 1. The highest BCUT2D eigenvalue weighted by Gasteiger charge is 2.34. The molecule has 0 unspecified atom stereocenters. The van der Waals surface area contributed by atoms with Gasteiger partial charge in [0.1, 0.15) is 31.3 Å². The third kappa shape index (κ3) is 5.91. The second kappa shape index (κ2) is 11.9. The monoisotopic (exact) mass is 570 g/mol. The number of hydrogen-bond donors (Lipinski definition) is 1. The number of hydrazone groups is 1. The SMILES string of the molecule is COc1ccc(N(CC(=O)N/N=C(\C)c2ccc3c(c2)OCCO3)S(=O)(=O)c2ccccc2[N+](=O)[O-])c(OC)c1. The van der Waals surface area contributed by atoms with Gasteiger partial charge in [0.25, 0.3) is 21.6 Å². The summed E-state index contributed by atoms with van der Waals surface area (Å²) in [5, 5.41) is 15.7. The van der Waals surface area contributed by atoms with Crippen LogP contribution >= 0.6 is 0 Å². The lowest BCUT2D eigenvalue weighted by Crippen LogP contribution is -2.40. The summed E-state index contributed by atoms with van der Waals surface area (Å²) in [6, 6.07) is 14.3. The van der Waals surface area contributed by atoms with Crippen molar-refractivity contribution in [2.45, 2.75) is 11.8 Å². The number of nitro groups is 1. The Kier molecular flexibility index (Phi) is 8.38. The molecule has 4 rings (SSSR count). The van der Waals surface area contributed by atoms with Gasteiger partial charge < -0.3 is 18.9 Å². The number of carbonyl (C=O) groups excluding carboxylic acids is 1. The van der Waals surface area contributed by atoms with Crippen molar-refractivity contribution in [2.75, 3.05) is 38.3 Å². The molecule has 0 saturated heterocycles. The molecule has 0 aromatic heterocycles. The zero-order valence-corrected chi connectivity index (χ0v) is 22.6. The minimum atomic E-state index is -4.65. The van der Waals surface area contributed by atoms with Gasteiger partial charge in [-0.25, -0.2) is 13.8 Å². The molecular formula is C26H26N4O9S. The van der Waals surface area contributed by atoms with Crippen molar-refractivity contribution in [3.05, 3.63) is 76.3 Å². The van der Waals surface area contributed by atoms with Crippen LogP contribution in [0.5, 0.6) is 23.0 Å². The zero-order valence-electron chi connectivity index (χ0n) is 21.8. The molecule has 0 aliphatic carbocycles. The Morgan fingerprint density at radius 3 is 2.48 bits per heavy atom. The minimum Gasteiger partial charge on any atom is -0.497 e. The van der Waals surface area contributed by atoms with E-state index in [9.17, 15) is 23.3 Å². The molecule has 1 heterocycles. The standard InChI is InChI=1S/C26H26N4O9S/c1-17(18-8-11-22-24(14-18)39-13-12-38-22)27-28-26(31)16-29(20-10-9-19(36-2)15-23(20)37-3)40(34,35)25-7-5-4-6-21(25)30(32)33/h4-11,14-15H,12-13,16H2,1-3H3,(H,28,31)/b27-17+. The first-order valence-electron chi connectivity index (χ1n) is 11.9. The Morgan fingerprint density at radius 2 is 1.77 bits per heavy atom. The van der Waals surface area contributed by atoms with Crippen molar-refractivity contribution < 1.29 is 37.1 Å². The fraction of sp³-hybridized carbons (Fsp3) is 0.231. The molecule has 0 saturated carbocycles. The van der Waals surface area contributed by atoms with Crippen molar-refractivity contribution in [2.24, 2.45) is 5.10 Å². The van der Waals surface area contributed by atoms with Crippen LogP contribution in [0.25, 0.3) is 0 Å². The van der Waals surface area contributed by atoms with E-state index in [1.807, 2.05) is 0 Å². The van der Waals surface area contributed by atoms with Gasteiger partial charge in [0.2, 0.25) is 0 Å². The molecule has 40 heavy (non-hydrogen) atoms. The van der Waals surface area contributed by atoms with Gasteiger partial charge >= 0.3 is 0 Å². The van der Waals surface area contributed by atoms with E-state index in [1.54, 1.807) is 25.1 Å². The van der Waals surface area contributed by atoms with Crippen LogP contribution in [-0.4, -0.2) is 58.9 Å². The molecular weight excluding hydrogens is 544 g/mol. The first-order chi connectivity index (χ1) is 19.1. The predicted octanol–water partition coefficient (Wildman–Crippen LogP) is 3.12. The van der Waals surface area contributed by atoms with E-state index in [0.29, 0.717) is 41.7 Å². The van der Waals surface area contributed by atoms with E-state index < -0.39 is 38.0 Å². The van der Waals surface area contributed by atoms with Gasteiger partial charge in [0.15, 0.2) is 16.4 Å². The summed E-state index contributed by atoms with van der Waals surface area (Å²) in [6.07, 6.45) is 0. The fourth-order valence-electron chi connectivity index (χ4n) is 3.88. The minimum absolute atomic E-state index is 0.0378. The van der Waals surface area contributed by atoms with Crippen LogP contribution in [0.3, 0.4) is 0 Å². The molecule has 1 N–H and O–H groups in total. The molecule has 3 aromatic carbocycles. The summed E-state index contributed by atoms with van der Waals surface area (Å²) >= 11 is 0. The highest BCUT2D eigenvalue weighted by Crippen LogP contribution is 2.37. The van der Waals surface area contributed by atoms with Crippen LogP contribution in [0.1, 0.15) is 12.5 Å². The topological polar surface area (TPSA) is 159 Å². The molecule has 1 amide bonds. The molecule has 0 spiro atoms. The molecule has 210 valence electrons. The van der Waals surface area contributed by atoms with Gasteiger partial charge in [-0.1, -0.05) is 12.1 Å². The van der Waals surface area contributed by atoms with Crippen LogP contribution in [0.2, 0.25) is 0 Å². The Hall–Kier alpha value is -4.85. The van der Waals surface area contributed by atoms with Crippen molar-refractivity contribution in [3.8, 4) is 23.0 Å². The summed E-state index contributed by atoms with van der Waals surface area (Å²) in [4.78, 5) is 23.3. The number of para-hydroxylation sites is 1. The largest absolute Gasteiger partial charge is 0.497 e. The van der Waals surface area contributed by atoms with Crippen LogP contribution < -0.4 is 28.7 Å². The summed E-state index contributed by atoms with van der Waals surface area (Å²) in [5.41, 5.74) is 2.73. The maximum absolute atomic E-state index is 13.8. The maximum atomic E-state index is 13.8. The number of amides is 1. The van der Waals surface area contributed by atoms with Gasteiger partial charge in [-0.2, -0.15) is 5.10 Å². The van der Waals surface area contributed by atoms with Gasteiger partial charge in [0.05, 0.1) is 30.5 Å². The molecule has 1 aliphatic heterocycles. The van der Waals surface area contributed by atoms with Crippen LogP contribution in [0, 0.1) is 10.1 Å². The zero-order chi connectivity index (χ0) is 28.9. The molecule has 3 aromatic rings. The van der Waals surface area contributed by atoms with Crippen LogP contribution in [0.4, 0.5) is 11.4 Å². The molecule has 14 heteroatoms. The number of anilines is 1. The lowest BCUT2D eigenvalue weighted by molar-refractivity contribution is -0.387. The Morgan fingerprint density at radius 1 is 1.05 bits per heavy atom. The number of nitrogens with one attached hydrogen (secondary N) is 1. The third-order valence-corrected chi connectivity index (χ3v) is 7.69. The van der Waals surface area contributed by atoms with E-state index in [0.717, 1.165) is 16.4 Å². The van der Waals surface area contributed by atoms with Crippen molar-refractivity contribution >= 4 is 33.0 Å². The molecule has 0 fully saturated rings. The second-order valence-corrected chi connectivity index (χ2v) is 10.2. The number of sulfonamides is 1. The van der Waals surface area contributed by atoms with Crippen molar-refractivity contribution in [1.82, 2.24) is 5.43 Å². The number of ether oxygens (including phenoxy) is 4. The molecule has 0 atom stereocenters. The highest BCUT2D eigenvalue weighted by molar-refractivity contribution is 7.93. The lowest BCUT2D eigenvalue weighted by Gasteiger charge is -2.25. The average molecular weight is 571 g/mol. The normalized spacial score (nSPS) is 12.8. The molecule has 0 radical (unpaired) electrons. The maximum Gasteiger partial charge on any atom is 0.289 e. The van der Waals surface area contributed by atoms with Gasteiger partial charge in [-0.05, 0) is 43.3 Å². The third-order valence-electron chi connectivity index (χ3n) is 5.88. The summed E-state index contributed by atoms with van der Waals surface area (Å²) in [7, 11) is -1.91. The number of nitrogens with zero attached hydrogens (tertiary/aromatic N) is 3. The van der Waals surface area contributed by atoms with E-state index in [4.69, 9.17) is 18.9 Å². The van der Waals surface area contributed by atoms with E-state index >= 15 is 0 Å². The number of hydrogen-bond acceptors (Lipinski definition) is 10. The first-order valence-corrected chi connectivity index (χ1v) is 13.3. The van der Waals surface area contributed by atoms with Crippen LogP contribution in [0.15, 0.2) is 70.7 Å². The quantitative estimate of drug-likeness (QED) is 0.219. The van der Waals surface area contributed by atoms with E-state index in [1.165, 1.54) is 44.6 Å². The van der Waals surface area contributed by atoms with Gasteiger partial charge in [-0.15, -0.1) is 0 Å². The predicted molar refractivity (Wildman–Crippen MR) is 145 cm³/mol. The summed E-state index contributed by atoms with van der Waals surface area (Å²) < 4.78 is 50.0. The lowest BCUT2D eigenvalue weighted by atomic mass is 10.1. The van der Waals surface area contributed by atoms with E-state index in [-0.39, 0.29) is 11.4 Å². The Labute approximate surface area is 230 Å². The fourth-order valence-corrected chi connectivity index (χ4v) is 5.47. The van der Waals surface area contributed by atoms with Crippen molar-refractivity contribution in [1.29, 1.82) is 0 Å². The van der Waals surface area contributed by atoms with E-state index in [2.05, 4.69) is 10.5 Å². The number of benzene rings is 3. The first kappa shape index (κ1) is 28.2.